The number of ether oxygens (including phenoxy) is 1. The summed E-state index contributed by atoms with van der Waals surface area (Å²) in [6, 6.07) is -0.595. The number of aromatic amines is 2. The Bertz CT molecular complexity index is 245. The van der Waals surface area contributed by atoms with Crippen LogP contribution in [-0.2, 0) is 16.0 Å². The molecule has 5 nitrogen and oxygen atoms in total. The van der Waals surface area contributed by atoms with Crippen molar-refractivity contribution in [3.63, 3.8) is 0 Å². The monoisotopic (exact) mass is 170 g/mol. The molecule has 1 heterocycles. The Balaban J connectivity index is 2.47. The lowest BCUT2D eigenvalue weighted by Crippen LogP contribution is -2.33. The van der Waals surface area contributed by atoms with Crippen LogP contribution in [0, 0.1) is 0 Å². The minimum Gasteiger partial charge on any atom is -0.468 e. The molecule has 0 aliphatic heterocycles. The Morgan fingerprint density at radius 2 is 2.67 bits per heavy atom. The summed E-state index contributed by atoms with van der Waals surface area (Å²) < 4.78 is 4.47. The van der Waals surface area contributed by atoms with E-state index in [1.807, 2.05) is 0 Å². The van der Waals surface area contributed by atoms with Gasteiger partial charge in [0.05, 0.1) is 7.11 Å². The fourth-order valence-corrected chi connectivity index (χ4v) is 0.908. The lowest BCUT2D eigenvalue weighted by molar-refractivity contribution is -0.376. The molecule has 0 amide bonds. The van der Waals surface area contributed by atoms with Crippen LogP contribution >= 0.6 is 0 Å². The van der Waals surface area contributed by atoms with Crippen molar-refractivity contribution < 1.29 is 14.5 Å². The summed E-state index contributed by atoms with van der Waals surface area (Å²) in [6.07, 6.45) is 3.87. The van der Waals surface area contributed by atoms with Crippen LogP contribution in [0.25, 0.3) is 0 Å². The molecular weight excluding hydrogens is 158 g/mol. The van der Waals surface area contributed by atoms with E-state index in [-0.39, 0.29) is 0 Å². The van der Waals surface area contributed by atoms with E-state index >= 15 is 0 Å². The molecule has 4 N–H and O–H groups in total. The summed E-state index contributed by atoms with van der Waals surface area (Å²) in [5, 5.41) is 0. The van der Waals surface area contributed by atoms with Crippen molar-refractivity contribution in [2.24, 2.45) is 5.73 Å². The van der Waals surface area contributed by atoms with Crippen molar-refractivity contribution in [2.75, 3.05) is 7.11 Å². The first-order chi connectivity index (χ1) is 5.74. The third-order valence-electron chi connectivity index (χ3n) is 1.54. The topological polar surface area (TPSA) is 82.2 Å². The number of imidazole rings is 1. The van der Waals surface area contributed by atoms with Crippen LogP contribution in [0.15, 0.2) is 12.5 Å². The average molecular weight is 170 g/mol. The highest BCUT2D eigenvalue weighted by molar-refractivity contribution is 5.75. The molecule has 0 saturated carbocycles. The standard InChI is InChI=1S/C7H11N3O2/c1-12-7(11)6(8)2-5-3-9-4-10-5/h3-4,6H,2,8H2,1H3,(H,9,10)/p+1/t6-/m1/s1. The molecule has 66 valence electrons. The van der Waals surface area contributed by atoms with Crippen molar-refractivity contribution in [3.8, 4) is 0 Å². The first-order valence-electron chi connectivity index (χ1n) is 3.61. The van der Waals surface area contributed by atoms with Crippen LogP contribution in [0.1, 0.15) is 5.69 Å². The average Bonchev–Trinajstić information content (AvgIpc) is 2.55. The van der Waals surface area contributed by atoms with E-state index < -0.39 is 12.0 Å². The molecule has 0 aliphatic carbocycles. The number of methoxy groups -OCH3 is 1. The molecule has 0 spiro atoms. The van der Waals surface area contributed by atoms with Gasteiger partial charge >= 0.3 is 5.97 Å². The van der Waals surface area contributed by atoms with Crippen molar-refractivity contribution in [2.45, 2.75) is 12.5 Å². The van der Waals surface area contributed by atoms with Gasteiger partial charge in [-0.15, -0.1) is 0 Å². The van der Waals surface area contributed by atoms with Crippen molar-refractivity contribution in [1.29, 1.82) is 0 Å². The Morgan fingerprint density at radius 1 is 1.92 bits per heavy atom. The molecule has 0 unspecified atom stereocenters. The van der Waals surface area contributed by atoms with Gasteiger partial charge in [-0.25, -0.2) is 4.98 Å². The fraction of sp³-hybridized carbons (Fsp3) is 0.429. The van der Waals surface area contributed by atoms with E-state index in [1.165, 1.54) is 7.11 Å². The largest absolute Gasteiger partial charge is 0.468 e. The lowest BCUT2D eigenvalue weighted by Gasteiger charge is -2.04. The third-order valence-corrected chi connectivity index (χ3v) is 1.54. The molecule has 1 atom stereocenters. The number of hydrogen-bond acceptors (Lipinski definition) is 3. The fourth-order valence-electron chi connectivity index (χ4n) is 0.908. The highest BCUT2D eigenvalue weighted by atomic mass is 16.5. The lowest BCUT2D eigenvalue weighted by atomic mass is 10.2. The van der Waals surface area contributed by atoms with Crippen LogP contribution in [0.3, 0.4) is 0 Å². The quantitative estimate of drug-likeness (QED) is 0.563. The maximum absolute atomic E-state index is 10.9. The molecule has 1 aromatic heterocycles. The van der Waals surface area contributed by atoms with E-state index in [4.69, 9.17) is 5.73 Å². The number of esters is 1. The Morgan fingerprint density at radius 3 is 3.17 bits per heavy atom. The van der Waals surface area contributed by atoms with E-state index in [2.05, 4.69) is 14.7 Å². The van der Waals surface area contributed by atoms with E-state index in [0.29, 0.717) is 6.42 Å². The second kappa shape index (κ2) is 3.87. The van der Waals surface area contributed by atoms with Gasteiger partial charge in [0, 0.05) is 6.42 Å². The van der Waals surface area contributed by atoms with Gasteiger partial charge in [0.1, 0.15) is 17.9 Å². The number of hydrogen-bond donors (Lipinski definition) is 2. The molecule has 5 heteroatoms. The van der Waals surface area contributed by atoms with E-state index in [9.17, 15) is 4.79 Å². The number of carbonyl (C=O) groups excluding carboxylic acids is 1. The number of carbonyl (C=O) groups is 1. The smallest absolute Gasteiger partial charge is 0.323 e. The second-order valence-electron chi connectivity index (χ2n) is 2.46. The number of nitrogens with one attached hydrogen (secondary N) is 2. The highest BCUT2D eigenvalue weighted by Gasteiger charge is 2.16. The number of aromatic nitrogens is 2. The molecule has 1 rings (SSSR count). The first kappa shape index (κ1) is 8.73. The summed E-state index contributed by atoms with van der Waals surface area (Å²) in [7, 11) is 1.32. The van der Waals surface area contributed by atoms with Gasteiger partial charge in [0.2, 0.25) is 6.33 Å². The normalized spacial score (nSPS) is 12.5. The second-order valence-corrected chi connectivity index (χ2v) is 2.46. The van der Waals surface area contributed by atoms with Crippen LogP contribution in [0.5, 0.6) is 0 Å². The maximum Gasteiger partial charge on any atom is 0.323 e. The molecule has 0 aliphatic rings. The molecule has 1 aromatic rings. The molecule has 0 saturated heterocycles. The summed E-state index contributed by atoms with van der Waals surface area (Å²) in [6.45, 7) is 0. The number of rotatable bonds is 3. The molecule has 0 radical (unpaired) electrons. The predicted octanol–water partition coefficient (Wildman–Crippen LogP) is -1.13. The zero-order valence-corrected chi connectivity index (χ0v) is 6.83. The summed E-state index contributed by atoms with van der Waals surface area (Å²) in [5.74, 6) is -0.399. The predicted molar refractivity (Wildman–Crippen MR) is 41.0 cm³/mol. The van der Waals surface area contributed by atoms with Gasteiger partial charge < -0.3 is 10.5 Å². The van der Waals surface area contributed by atoms with E-state index in [1.54, 1.807) is 12.5 Å². The zero-order chi connectivity index (χ0) is 8.97. The van der Waals surface area contributed by atoms with Crippen LogP contribution < -0.4 is 10.7 Å². The molecule has 0 aromatic carbocycles. The van der Waals surface area contributed by atoms with E-state index in [0.717, 1.165) is 5.69 Å². The van der Waals surface area contributed by atoms with Crippen LogP contribution in [0.2, 0.25) is 0 Å². The van der Waals surface area contributed by atoms with Gasteiger partial charge in [0.25, 0.3) is 0 Å². The minimum atomic E-state index is -0.595. The van der Waals surface area contributed by atoms with Gasteiger partial charge in [0.15, 0.2) is 0 Å². The Labute approximate surface area is 69.9 Å². The molecule has 0 bridgehead atoms. The highest BCUT2D eigenvalue weighted by Crippen LogP contribution is 1.95. The minimum absolute atomic E-state index is 0.399. The number of nitrogens with two attached hydrogens (primary N) is 1. The van der Waals surface area contributed by atoms with Gasteiger partial charge in [-0.05, 0) is 0 Å². The zero-order valence-electron chi connectivity index (χ0n) is 6.83. The van der Waals surface area contributed by atoms with Gasteiger partial charge in [-0.2, -0.15) is 0 Å². The van der Waals surface area contributed by atoms with Crippen molar-refractivity contribution >= 4 is 5.97 Å². The Hall–Kier alpha value is -1.36. The Kier molecular flexibility index (Phi) is 2.82. The van der Waals surface area contributed by atoms with Gasteiger partial charge in [-0.1, -0.05) is 0 Å². The SMILES string of the molecule is COC(=O)[C@H](N)Cc1c[nH+]c[nH]1. The van der Waals surface area contributed by atoms with Crippen molar-refractivity contribution in [1.82, 2.24) is 4.98 Å². The van der Waals surface area contributed by atoms with Gasteiger partial charge in [-0.3, -0.25) is 9.78 Å². The van der Waals surface area contributed by atoms with Crippen LogP contribution in [0.4, 0.5) is 0 Å². The van der Waals surface area contributed by atoms with Crippen LogP contribution in [-0.4, -0.2) is 24.1 Å². The molecule has 12 heavy (non-hydrogen) atoms. The maximum atomic E-state index is 10.9. The third kappa shape index (κ3) is 2.06. The van der Waals surface area contributed by atoms with Crippen molar-refractivity contribution in [3.05, 3.63) is 18.2 Å². The number of H-pyrrole nitrogens is 2. The molecule has 0 fully saturated rings. The first-order valence-corrected chi connectivity index (χ1v) is 3.61. The summed E-state index contributed by atoms with van der Waals surface area (Å²) in [4.78, 5) is 16.6. The molecular formula is C7H12N3O2+. The summed E-state index contributed by atoms with van der Waals surface area (Å²) in [5.41, 5.74) is 6.39. The summed E-state index contributed by atoms with van der Waals surface area (Å²) >= 11 is 0.